The van der Waals surface area contributed by atoms with E-state index in [4.69, 9.17) is 4.74 Å². The number of nitrogens with zero attached hydrogens (tertiary/aromatic N) is 3. The molecule has 186 valence electrons. The molecule has 0 aliphatic heterocycles. The van der Waals surface area contributed by atoms with Gasteiger partial charge in [-0.05, 0) is 38.5 Å². The van der Waals surface area contributed by atoms with Crippen LogP contribution in [0, 0.1) is 0 Å². The number of hydrogen-bond acceptors (Lipinski definition) is 7. The Balaban J connectivity index is 1.59. The van der Waals surface area contributed by atoms with Gasteiger partial charge in [-0.3, -0.25) is 4.79 Å². The van der Waals surface area contributed by atoms with Crippen LogP contribution in [0.15, 0.2) is 12.4 Å². The van der Waals surface area contributed by atoms with Gasteiger partial charge < -0.3 is 20.5 Å². The van der Waals surface area contributed by atoms with Crippen molar-refractivity contribution < 1.29 is 27.8 Å². The van der Waals surface area contributed by atoms with E-state index in [1.54, 1.807) is 12.4 Å². The van der Waals surface area contributed by atoms with E-state index in [1.165, 1.54) is 13.8 Å². The second kappa shape index (κ2) is 9.89. The van der Waals surface area contributed by atoms with E-state index in [0.29, 0.717) is 42.5 Å². The number of aliphatic hydroxyl groups is 1. The third kappa shape index (κ3) is 6.05. The Morgan fingerprint density at radius 2 is 1.91 bits per heavy atom. The molecule has 0 spiro atoms. The van der Waals surface area contributed by atoms with Gasteiger partial charge >= 0.3 is 6.18 Å². The van der Waals surface area contributed by atoms with Crippen LogP contribution in [0.4, 0.5) is 19.1 Å². The molecule has 2 aliphatic rings. The zero-order valence-electron chi connectivity index (χ0n) is 19.2. The zero-order chi connectivity index (χ0) is 24.5. The van der Waals surface area contributed by atoms with Crippen molar-refractivity contribution in [1.29, 1.82) is 0 Å². The lowest BCUT2D eigenvalue weighted by molar-refractivity contribution is -0.136. The van der Waals surface area contributed by atoms with Crippen LogP contribution in [-0.4, -0.2) is 56.4 Å². The predicted octanol–water partition coefficient (Wildman–Crippen LogP) is 3.84. The van der Waals surface area contributed by atoms with Crippen molar-refractivity contribution in [2.75, 3.05) is 5.32 Å². The quantitative estimate of drug-likeness (QED) is 0.551. The second-order valence-electron chi connectivity index (χ2n) is 9.45. The highest BCUT2D eigenvalue weighted by Crippen LogP contribution is 2.38. The second-order valence-corrected chi connectivity index (χ2v) is 9.45. The molecule has 2 aromatic heterocycles. The van der Waals surface area contributed by atoms with Crippen molar-refractivity contribution in [1.82, 2.24) is 20.3 Å². The number of carbonyl (C=O) groups is 1. The highest BCUT2D eigenvalue weighted by Gasteiger charge is 2.33. The van der Waals surface area contributed by atoms with Gasteiger partial charge in [-0.2, -0.15) is 13.2 Å². The highest BCUT2D eigenvalue weighted by molar-refractivity contribution is 5.86. The Hall–Kier alpha value is -2.69. The van der Waals surface area contributed by atoms with Crippen LogP contribution in [0.2, 0.25) is 0 Å². The fourth-order valence-corrected chi connectivity index (χ4v) is 4.71. The summed E-state index contributed by atoms with van der Waals surface area (Å²) in [7, 11) is 0. The number of carbonyl (C=O) groups excluding carboxylic acids is 1. The average molecular weight is 482 g/mol. The van der Waals surface area contributed by atoms with Gasteiger partial charge in [-0.15, -0.1) is 0 Å². The van der Waals surface area contributed by atoms with E-state index in [-0.39, 0.29) is 36.0 Å². The summed E-state index contributed by atoms with van der Waals surface area (Å²) >= 11 is 0. The maximum absolute atomic E-state index is 12.8. The molecule has 0 aromatic carbocycles. The molecule has 2 fully saturated rings. The molecule has 2 aromatic rings. The van der Waals surface area contributed by atoms with Crippen molar-refractivity contribution in [3.8, 4) is 5.88 Å². The monoisotopic (exact) mass is 481 g/mol. The van der Waals surface area contributed by atoms with E-state index in [0.717, 1.165) is 18.4 Å². The number of nitrogens with one attached hydrogen (secondary N) is 2. The van der Waals surface area contributed by atoms with Gasteiger partial charge in [0.2, 0.25) is 17.7 Å². The van der Waals surface area contributed by atoms with Gasteiger partial charge in [0.05, 0.1) is 23.4 Å². The molecule has 0 unspecified atom stereocenters. The highest BCUT2D eigenvalue weighted by atomic mass is 19.4. The van der Waals surface area contributed by atoms with Crippen LogP contribution in [0.1, 0.15) is 70.3 Å². The number of aromatic nitrogens is 3. The topological polar surface area (TPSA) is 109 Å². The molecule has 8 nitrogen and oxygen atoms in total. The van der Waals surface area contributed by atoms with Crippen molar-refractivity contribution in [2.45, 2.75) is 95.2 Å². The summed E-state index contributed by atoms with van der Waals surface area (Å²) in [5.41, 5.74) is 1.48. The summed E-state index contributed by atoms with van der Waals surface area (Å²) in [6, 6.07) is -0.812. The first-order chi connectivity index (χ1) is 16.1. The molecule has 1 atom stereocenters. The fraction of sp³-hybridized carbons (Fsp3) is 0.652. The summed E-state index contributed by atoms with van der Waals surface area (Å²) in [5, 5.41) is 16.1. The van der Waals surface area contributed by atoms with Gasteiger partial charge in [-0.1, -0.05) is 0 Å². The summed E-state index contributed by atoms with van der Waals surface area (Å²) in [4.78, 5) is 24.6. The lowest BCUT2D eigenvalue weighted by atomic mass is 9.82. The zero-order valence-corrected chi connectivity index (χ0v) is 19.2. The number of ether oxygens (including phenoxy) is 1. The van der Waals surface area contributed by atoms with E-state index < -0.39 is 18.6 Å². The third-order valence-corrected chi connectivity index (χ3v) is 6.44. The Bertz CT molecular complexity index is 1020. The van der Waals surface area contributed by atoms with Crippen LogP contribution in [0.5, 0.6) is 5.88 Å². The number of rotatable bonds is 7. The molecular formula is C23H30F3N5O3. The van der Waals surface area contributed by atoms with E-state index in [1.807, 2.05) is 0 Å². The normalized spacial score (nSPS) is 25.9. The standard InChI is InChI=1S/C23H30F3N5O3/c1-12(9-23(24,25)26)29-22-28-11-19-20(31-22)18(14-3-5-16(33)6-4-14)10-27-21(19)34-17-7-15(8-17)30-13(2)32/h10-12,14-17,33H,3-9H2,1-2H3,(H,30,32)(H,28,29,31)/t12-,14-,15-,16-,17+/m0/s1. The fourth-order valence-electron chi connectivity index (χ4n) is 4.71. The minimum atomic E-state index is -4.29. The maximum Gasteiger partial charge on any atom is 0.391 e. The number of alkyl halides is 3. The summed E-state index contributed by atoms with van der Waals surface area (Å²) in [6.07, 6.45) is 1.79. The lowest BCUT2D eigenvalue weighted by Crippen LogP contribution is -2.48. The van der Waals surface area contributed by atoms with Crippen LogP contribution < -0.4 is 15.4 Å². The number of aliphatic hydroxyl groups excluding tert-OH is 1. The van der Waals surface area contributed by atoms with Gasteiger partial charge in [0.25, 0.3) is 0 Å². The average Bonchev–Trinajstić information content (AvgIpc) is 2.71. The smallest absolute Gasteiger partial charge is 0.391 e. The molecule has 0 radical (unpaired) electrons. The number of fused-ring (bicyclic) bond motifs is 1. The predicted molar refractivity (Wildman–Crippen MR) is 120 cm³/mol. The van der Waals surface area contributed by atoms with Crippen LogP contribution in [0.25, 0.3) is 10.9 Å². The molecule has 4 rings (SSSR count). The summed E-state index contributed by atoms with van der Waals surface area (Å²) in [5.74, 6) is 0.543. The Morgan fingerprint density at radius 1 is 1.21 bits per heavy atom. The van der Waals surface area contributed by atoms with Gasteiger partial charge in [-0.25, -0.2) is 15.0 Å². The molecule has 3 N–H and O–H groups in total. The Labute approximate surface area is 195 Å². The van der Waals surface area contributed by atoms with Crippen molar-refractivity contribution in [2.24, 2.45) is 0 Å². The number of pyridine rings is 1. The minimum absolute atomic E-state index is 0.0730. The van der Waals surface area contributed by atoms with E-state index >= 15 is 0 Å². The van der Waals surface area contributed by atoms with Crippen molar-refractivity contribution >= 4 is 22.8 Å². The number of anilines is 1. The molecule has 0 saturated heterocycles. The third-order valence-electron chi connectivity index (χ3n) is 6.44. The lowest BCUT2D eigenvalue weighted by Gasteiger charge is -2.35. The first kappa shape index (κ1) is 24.4. The first-order valence-corrected chi connectivity index (χ1v) is 11.7. The first-order valence-electron chi connectivity index (χ1n) is 11.7. The number of amides is 1. The van der Waals surface area contributed by atoms with E-state index in [9.17, 15) is 23.1 Å². The summed E-state index contributed by atoms with van der Waals surface area (Å²) in [6.45, 7) is 2.92. The molecule has 2 saturated carbocycles. The molecular weight excluding hydrogens is 451 g/mol. The van der Waals surface area contributed by atoms with Crippen LogP contribution in [0.3, 0.4) is 0 Å². The maximum atomic E-state index is 12.8. The molecule has 34 heavy (non-hydrogen) atoms. The molecule has 11 heteroatoms. The largest absolute Gasteiger partial charge is 0.474 e. The molecule has 2 heterocycles. The Morgan fingerprint density at radius 3 is 2.56 bits per heavy atom. The molecule has 0 bridgehead atoms. The number of halogens is 3. The van der Waals surface area contributed by atoms with Crippen LogP contribution >= 0.6 is 0 Å². The SMILES string of the molecule is CC(=O)N[C@H]1C[C@@H](Oc2ncc([C@H]3CC[C@H](O)CC3)c3nc(N[C@@H](C)CC(F)(F)F)ncc23)C1. The van der Waals surface area contributed by atoms with Crippen molar-refractivity contribution in [3.05, 3.63) is 18.0 Å². The van der Waals surface area contributed by atoms with Gasteiger partial charge in [0, 0.05) is 49.8 Å². The van der Waals surface area contributed by atoms with E-state index in [2.05, 4.69) is 25.6 Å². The Kier molecular flexibility index (Phi) is 7.11. The molecule has 2 aliphatic carbocycles. The number of hydrogen-bond donors (Lipinski definition) is 3. The van der Waals surface area contributed by atoms with Crippen molar-refractivity contribution in [3.63, 3.8) is 0 Å². The summed E-state index contributed by atoms with van der Waals surface area (Å²) < 4.78 is 44.4. The van der Waals surface area contributed by atoms with Gasteiger partial charge in [0.1, 0.15) is 6.10 Å². The van der Waals surface area contributed by atoms with Gasteiger partial charge in [0.15, 0.2) is 0 Å². The van der Waals surface area contributed by atoms with Crippen LogP contribution in [-0.2, 0) is 4.79 Å². The minimum Gasteiger partial charge on any atom is -0.474 e. The molecule has 1 amide bonds.